The van der Waals surface area contributed by atoms with Gasteiger partial charge < -0.3 is 10.1 Å². The van der Waals surface area contributed by atoms with Crippen molar-refractivity contribution in [1.82, 2.24) is 5.32 Å². The van der Waals surface area contributed by atoms with E-state index in [9.17, 15) is 4.39 Å². The lowest BCUT2D eigenvalue weighted by Gasteiger charge is -2.15. The van der Waals surface area contributed by atoms with Gasteiger partial charge in [0.15, 0.2) is 0 Å². The van der Waals surface area contributed by atoms with E-state index in [1.807, 2.05) is 13.1 Å². The number of benzene rings is 1. The van der Waals surface area contributed by atoms with Gasteiger partial charge in [-0.2, -0.15) is 0 Å². The number of aryl methyl sites for hydroxylation is 1. The largest absolute Gasteiger partial charge is 0.383 e. The summed E-state index contributed by atoms with van der Waals surface area (Å²) in [5.74, 6) is -0.210. The van der Waals surface area contributed by atoms with E-state index in [1.165, 1.54) is 12.1 Å². The third-order valence-corrected chi connectivity index (χ3v) is 3.29. The summed E-state index contributed by atoms with van der Waals surface area (Å²) in [6.45, 7) is 0.690. The van der Waals surface area contributed by atoms with Crippen molar-refractivity contribution in [3.8, 4) is 0 Å². The number of ether oxygens (including phenoxy) is 1. The normalized spacial score (nSPS) is 12.8. The molecule has 0 aliphatic heterocycles. The topological polar surface area (TPSA) is 21.3 Å². The van der Waals surface area contributed by atoms with Crippen molar-refractivity contribution >= 4 is 15.9 Å². The van der Waals surface area contributed by atoms with Gasteiger partial charge in [0.2, 0.25) is 0 Å². The van der Waals surface area contributed by atoms with Gasteiger partial charge in [-0.15, -0.1) is 0 Å². The smallest absolute Gasteiger partial charge is 0.124 e. The highest BCUT2D eigenvalue weighted by Gasteiger charge is 2.07. The Labute approximate surface area is 104 Å². The molecule has 0 fully saturated rings. The van der Waals surface area contributed by atoms with Crippen molar-refractivity contribution in [2.75, 3.05) is 20.8 Å². The Morgan fingerprint density at radius 2 is 2.25 bits per heavy atom. The summed E-state index contributed by atoms with van der Waals surface area (Å²) in [5.41, 5.74) is 1.12. The predicted octanol–water partition coefficient (Wildman–Crippen LogP) is 2.76. The Balaban J connectivity index is 2.53. The molecule has 0 saturated heterocycles. The zero-order valence-corrected chi connectivity index (χ0v) is 11.2. The Bertz CT molecular complexity index is 333. The van der Waals surface area contributed by atoms with Crippen molar-refractivity contribution < 1.29 is 9.13 Å². The first-order valence-electron chi connectivity index (χ1n) is 5.27. The summed E-state index contributed by atoms with van der Waals surface area (Å²) in [4.78, 5) is 0. The fourth-order valence-corrected chi connectivity index (χ4v) is 2.12. The van der Waals surface area contributed by atoms with E-state index in [-0.39, 0.29) is 5.82 Å². The fraction of sp³-hybridized carbons (Fsp3) is 0.500. The van der Waals surface area contributed by atoms with E-state index >= 15 is 0 Å². The molecule has 90 valence electrons. The Kier molecular flexibility index (Phi) is 5.95. The summed E-state index contributed by atoms with van der Waals surface area (Å²) in [6.07, 6.45) is 1.87. The van der Waals surface area contributed by atoms with Crippen molar-refractivity contribution in [3.63, 3.8) is 0 Å². The zero-order valence-electron chi connectivity index (χ0n) is 9.59. The minimum absolute atomic E-state index is 0.210. The van der Waals surface area contributed by atoms with Gasteiger partial charge in [0.05, 0.1) is 6.61 Å². The maximum Gasteiger partial charge on any atom is 0.124 e. The maximum atomic E-state index is 12.9. The molecule has 0 aliphatic carbocycles. The van der Waals surface area contributed by atoms with Crippen LogP contribution >= 0.6 is 15.9 Å². The highest BCUT2D eigenvalue weighted by atomic mass is 79.9. The average Bonchev–Trinajstić information content (AvgIpc) is 2.26. The van der Waals surface area contributed by atoms with Crippen LogP contribution in [0.5, 0.6) is 0 Å². The van der Waals surface area contributed by atoms with Crippen LogP contribution in [0, 0.1) is 5.82 Å². The summed E-state index contributed by atoms with van der Waals surface area (Å²) in [7, 11) is 3.61. The number of hydrogen-bond donors (Lipinski definition) is 1. The van der Waals surface area contributed by atoms with Gasteiger partial charge in [-0.3, -0.25) is 0 Å². The zero-order chi connectivity index (χ0) is 12.0. The summed E-state index contributed by atoms with van der Waals surface area (Å²) in [6, 6.07) is 5.14. The van der Waals surface area contributed by atoms with E-state index in [0.29, 0.717) is 12.6 Å². The molecule has 1 aromatic rings. The van der Waals surface area contributed by atoms with Crippen molar-refractivity contribution in [2.45, 2.75) is 18.9 Å². The first kappa shape index (κ1) is 13.6. The van der Waals surface area contributed by atoms with Crippen molar-refractivity contribution in [3.05, 3.63) is 34.1 Å². The van der Waals surface area contributed by atoms with Crippen LogP contribution in [0.4, 0.5) is 4.39 Å². The molecule has 16 heavy (non-hydrogen) atoms. The van der Waals surface area contributed by atoms with Crippen LogP contribution in [0.25, 0.3) is 0 Å². The Hall–Kier alpha value is -0.450. The van der Waals surface area contributed by atoms with Crippen LogP contribution in [0.2, 0.25) is 0 Å². The van der Waals surface area contributed by atoms with E-state index in [0.717, 1.165) is 22.9 Å². The molecule has 0 amide bonds. The number of likely N-dealkylation sites (N-methyl/N-ethyl adjacent to an activating group) is 1. The van der Waals surface area contributed by atoms with E-state index < -0.39 is 0 Å². The predicted molar refractivity (Wildman–Crippen MR) is 67.1 cm³/mol. The molecule has 0 radical (unpaired) electrons. The Morgan fingerprint density at radius 1 is 1.50 bits per heavy atom. The SMILES string of the molecule is CNC(CCc1ccc(F)cc1Br)COC. The average molecular weight is 290 g/mol. The van der Waals surface area contributed by atoms with Crippen LogP contribution in [-0.4, -0.2) is 26.8 Å². The monoisotopic (exact) mass is 289 g/mol. The van der Waals surface area contributed by atoms with E-state index in [2.05, 4.69) is 21.2 Å². The minimum Gasteiger partial charge on any atom is -0.383 e. The van der Waals surface area contributed by atoms with Gasteiger partial charge in [-0.25, -0.2) is 4.39 Å². The third kappa shape index (κ3) is 4.20. The standard InChI is InChI=1S/C12H17BrFNO/c1-15-11(8-16-2)6-4-9-3-5-10(14)7-12(9)13/h3,5,7,11,15H,4,6,8H2,1-2H3. The molecule has 4 heteroatoms. The van der Waals surface area contributed by atoms with E-state index in [1.54, 1.807) is 7.11 Å². The molecular weight excluding hydrogens is 273 g/mol. The van der Waals surface area contributed by atoms with Crippen LogP contribution < -0.4 is 5.32 Å². The van der Waals surface area contributed by atoms with Gasteiger partial charge in [0.25, 0.3) is 0 Å². The van der Waals surface area contributed by atoms with Gasteiger partial charge in [0, 0.05) is 17.6 Å². The van der Waals surface area contributed by atoms with Crippen molar-refractivity contribution in [2.24, 2.45) is 0 Å². The molecular formula is C12H17BrFNO. The first-order valence-corrected chi connectivity index (χ1v) is 6.06. The number of halogens is 2. The number of rotatable bonds is 6. The molecule has 1 unspecified atom stereocenters. The molecule has 0 aromatic heterocycles. The van der Waals surface area contributed by atoms with Crippen molar-refractivity contribution in [1.29, 1.82) is 0 Å². The lowest BCUT2D eigenvalue weighted by molar-refractivity contribution is 0.166. The molecule has 1 aromatic carbocycles. The molecule has 0 aliphatic rings. The van der Waals surface area contributed by atoms with Crippen LogP contribution in [0.1, 0.15) is 12.0 Å². The number of hydrogen-bond acceptors (Lipinski definition) is 2. The molecule has 1 atom stereocenters. The highest BCUT2D eigenvalue weighted by Crippen LogP contribution is 2.19. The van der Waals surface area contributed by atoms with Gasteiger partial charge >= 0.3 is 0 Å². The molecule has 1 N–H and O–H groups in total. The summed E-state index contributed by atoms with van der Waals surface area (Å²) >= 11 is 3.37. The lowest BCUT2D eigenvalue weighted by atomic mass is 10.1. The van der Waals surface area contributed by atoms with Gasteiger partial charge in [-0.05, 0) is 37.6 Å². The second-order valence-corrected chi connectivity index (χ2v) is 4.57. The van der Waals surface area contributed by atoms with E-state index in [4.69, 9.17) is 4.74 Å². The quantitative estimate of drug-likeness (QED) is 0.870. The number of methoxy groups -OCH3 is 1. The number of nitrogens with one attached hydrogen (secondary N) is 1. The molecule has 0 bridgehead atoms. The van der Waals surface area contributed by atoms with Gasteiger partial charge in [-0.1, -0.05) is 22.0 Å². The second-order valence-electron chi connectivity index (χ2n) is 3.72. The Morgan fingerprint density at radius 3 is 2.81 bits per heavy atom. The van der Waals surface area contributed by atoms with Crippen LogP contribution in [-0.2, 0) is 11.2 Å². The molecule has 0 heterocycles. The van der Waals surface area contributed by atoms with Crippen LogP contribution in [0.15, 0.2) is 22.7 Å². The highest BCUT2D eigenvalue weighted by molar-refractivity contribution is 9.10. The molecule has 2 nitrogen and oxygen atoms in total. The second kappa shape index (κ2) is 6.99. The summed E-state index contributed by atoms with van der Waals surface area (Å²) < 4.78 is 18.8. The first-order chi connectivity index (χ1) is 7.67. The minimum atomic E-state index is -0.210. The molecule has 1 rings (SSSR count). The lowest BCUT2D eigenvalue weighted by Crippen LogP contribution is -2.30. The molecule has 0 saturated carbocycles. The third-order valence-electron chi connectivity index (χ3n) is 2.55. The van der Waals surface area contributed by atoms with Crippen LogP contribution in [0.3, 0.4) is 0 Å². The maximum absolute atomic E-state index is 12.9. The fourth-order valence-electron chi connectivity index (χ4n) is 1.57. The van der Waals surface area contributed by atoms with Gasteiger partial charge in [0.1, 0.15) is 5.82 Å². The molecule has 0 spiro atoms. The summed E-state index contributed by atoms with van der Waals surface area (Å²) in [5, 5.41) is 3.19.